The van der Waals surface area contributed by atoms with Crippen molar-refractivity contribution in [2.45, 2.75) is 26.4 Å². The lowest BCUT2D eigenvalue weighted by atomic mass is 10.3. The number of likely N-dealkylation sites (N-methyl/N-ethyl adjacent to an activating group) is 1. The number of allylic oxidation sites excluding steroid dienone is 1. The molecule has 1 unspecified atom stereocenters. The number of nitrogens with one attached hydrogen (secondary N) is 1. The molecule has 1 amide bonds. The summed E-state index contributed by atoms with van der Waals surface area (Å²) >= 11 is 0. The Balaban J connectivity index is 3.84. The molecule has 0 fully saturated rings. The molecule has 0 saturated heterocycles. The van der Waals surface area contributed by atoms with E-state index in [1.165, 1.54) is 6.08 Å². The Hall–Kier alpha value is -1.13. The summed E-state index contributed by atoms with van der Waals surface area (Å²) in [7, 11) is 0. The second kappa shape index (κ2) is 10.1. The third kappa shape index (κ3) is 8.65. The molecule has 17 heavy (non-hydrogen) atoms. The van der Waals surface area contributed by atoms with Crippen LogP contribution in [0.2, 0.25) is 0 Å². The largest absolute Gasteiger partial charge is 0.390 e. The normalized spacial score (nSPS) is 12.9. The quantitative estimate of drug-likeness (QED) is 0.466. The molecular weight excluding hydrogens is 216 g/mol. The molecular formula is C13H24N2O2. The van der Waals surface area contributed by atoms with E-state index in [4.69, 9.17) is 0 Å². The van der Waals surface area contributed by atoms with Gasteiger partial charge in [0.05, 0.1) is 6.10 Å². The van der Waals surface area contributed by atoms with Crippen molar-refractivity contribution in [2.75, 3.05) is 26.2 Å². The van der Waals surface area contributed by atoms with Gasteiger partial charge in [0, 0.05) is 19.6 Å². The van der Waals surface area contributed by atoms with E-state index in [0.717, 1.165) is 19.5 Å². The van der Waals surface area contributed by atoms with Crippen molar-refractivity contribution in [3.63, 3.8) is 0 Å². The van der Waals surface area contributed by atoms with Crippen LogP contribution in [0.25, 0.3) is 0 Å². The van der Waals surface area contributed by atoms with Crippen LogP contribution >= 0.6 is 0 Å². The predicted octanol–water partition coefficient (Wildman–Crippen LogP) is 0.938. The molecule has 0 saturated carbocycles. The van der Waals surface area contributed by atoms with Crippen molar-refractivity contribution >= 4 is 5.91 Å². The van der Waals surface area contributed by atoms with E-state index in [1.54, 1.807) is 0 Å². The number of amides is 1. The van der Waals surface area contributed by atoms with Gasteiger partial charge in [0.2, 0.25) is 5.91 Å². The predicted molar refractivity (Wildman–Crippen MR) is 70.8 cm³/mol. The highest BCUT2D eigenvalue weighted by Gasteiger charge is 2.10. The van der Waals surface area contributed by atoms with E-state index < -0.39 is 6.10 Å². The van der Waals surface area contributed by atoms with Gasteiger partial charge in [0.25, 0.3) is 0 Å². The number of nitrogens with zero attached hydrogens (tertiary/aromatic N) is 1. The van der Waals surface area contributed by atoms with Gasteiger partial charge in [-0.3, -0.25) is 4.79 Å². The first kappa shape index (κ1) is 15.9. The van der Waals surface area contributed by atoms with Crippen molar-refractivity contribution in [2.24, 2.45) is 0 Å². The molecule has 1 atom stereocenters. The van der Waals surface area contributed by atoms with Crippen LogP contribution in [-0.4, -0.2) is 48.2 Å². The molecule has 0 aliphatic rings. The summed E-state index contributed by atoms with van der Waals surface area (Å²) in [5.74, 6) is -0.249. The van der Waals surface area contributed by atoms with Gasteiger partial charge in [-0.2, -0.15) is 0 Å². The Morgan fingerprint density at radius 3 is 2.82 bits per heavy atom. The minimum absolute atomic E-state index is 0.249. The second-order valence-corrected chi connectivity index (χ2v) is 3.85. The minimum Gasteiger partial charge on any atom is -0.390 e. The molecule has 2 N–H and O–H groups in total. The zero-order chi connectivity index (χ0) is 13.1. The summed E-state index contributed by atoms with van der Waals surface area (Å²) in [4.78, 5) is 13.1. The van der Waals surface area contributed by atoms with Gasteiger partial charge < -0.3 is 15.3 Å². The highest BCUT2D eigenvalue weighted by Crippen LogP contribution is 1.95. The molecule has 0 aromatic rings. The minimum atomic E-state index is -0.538. The van der Waals surface area contributed by atoms with Crippen LogP contribution in [0.15, 0.2) is 24.8 Å². The fourth-order valence-electron chi connectivity index (χ4n) is 1.46. The van der Waals surface area contributed by atoms with E-state index in [9.17, 15) is 9.90 Å². The molecule has 0 aliphatic carbocycles. The van der Waals surface area contributed by atoms with Crippen LogP contribution in [0.4, 0.5) is 0 Å². The highest BCUT2D eigenvalue weighted by molar-refractivity contribution is 5.86. The van der Waals surface area contributed by atoms with Crippen LogP contribution in [0.3, 0.4) is 0 Å². The lowest BCUT2D eigenvalue weighted by Gasteiger charge is -2.23. The maximum Gasteiger partial charge on any atom is 0.243 e. The summed E-state index contributed by atoms with van der Waals surface area (Å²) in [6.45, 7) is 10.1. The summed E-state index contributed by atoms with van der Waals surface area (Å²) < 4.78 is 0. The lowest BCUT2D eigenvalue weighted by Crippen LogP contribution is -2.40. The molecule has 0 radical (unpaired) electrons. The third-order valence-electron chi connectivity index (χ3n) is 2.46. The molecule has 0 aromatic carbocycles. The van der Waals surface area contributed by atoms with Crippen LogP contribution in [0, 0.1) is 0 Å². The molecule has 0 heterocycles. The maximum atomic E-state index is 10.9. The van der Waals surface area contributed by atoms with Gasteiger partial charge in [0.1, 0.15) is 0 Å². The molecule has 4 heteroatoms. The van der Waals surface area contributed by atoms with Crippen molar-refractivity contribution in [1.82, 2.24) is 10.2 Å². The third-order valence-corrected chi connectivity index (χ3v) is 2.46. The number of hydrogen-bond donors (Lipinski definition) is 2. The van der Waals surface area contributed by atoms with Crippen LogP contribution in [0.5, 0.6) is 0 Å². The van der Waals surface area contributed by atoms with Crippen molar-refractivity contribution in [3.8, 4) is 0 Å². The summed E-state index contributed by atoms with van der Waals surface area (Å²) in [5, 5.41) is 12.3. The molecule has 0 spiro atoms. The van der Waals surface area contributed by atoms with Gasteiger partial charge >= 0.3 is 0 Å². The zero-order valence-corrected chi connectivity index (χ0v) is 10.9. The Morgan fingerprint density at radius 1 is 1.59 bits per heavy atom. The highest BCUT2D eigenvalue weighted by atomic mass is 16.3. The molecule has 0 aromatic heterocycles. The first-order chi connectivity index (χ1) is 8.13. The number of hydrogen-bond acceptors (Lipinski definition) is 3. The summed E-state index contributed by atoms with van der Waals surface area (Å²) in [6.07, 6.45) is 5.78. The Labute approximate surface area is 104 Å². The van der Waals surface area contributed by atoms with E-state index in [1.807, 2.05) is 13.0 Å². The number of carbonyl (C=O) groups excluding carboxylic acids is 1. The van der Waals surface area contributed by atoms with E-state index in [0.29, 0.717) is 6.54 Å². The monoisotopic (exact) mass is 240 g/mol. The van der Waals surface area contributed by atoms with Crippen molar-refractivity contribution in [1.29, 1.82) is 0 Å². The molecule has 0 rings (SSSR count). The average Bonchev–Trinajstić information content (AvgIpc) is 2.34. The van der Waals surface area contributed by atoms with Crippen molar-refractivity contribution in [3.05, 3.63) is 24.8 Å². The zero-order valence-electron chi connectivity index (χ0n) is 10.9. The number of carbonyl (C=O) groups is 1. The standard InChI is InChI=1S/C13H24N2O2/c1-4-7-8-9-15(6-3)11-12(16)10-14-13(17)5-2/h4-5,7,12,16H,2,6,8-11H2,1,3H3,(H,14,17)/b7-4-. The lowest BCUT2D eigenvalue weighted by molar-refractivity contribution is -0.117. The second-order valence-electron chi connectivity index (χ2n) is 3.85. The maximum absolute atomic E-state index is 10.9. The first-order valence-corrected chi connectivity index (χ1v) is 6.05. The Kier molecular flexibility index (Phi) is 9.38. The smallest absolute Gasteiger partial charge is 0.243 e. The Morgan fingerprint density at radius 2 is 2.29 bits per heavy atom. The van der Waals surface area contributed by atoms with Gasteiger partial charge in [0.15, 0.2) is 0 Å². The Bertz CT molecular complexity index is 252. The topological polar surface area (TPSA) is 52.6 Å². The van der Waals surface area contributed by atoms with E-state index in [2.05, 4.69) is 29.8 Å². The summed E-state index contributed by atoms with van der Waals surface area (Å²) in [6, 6.07) is 0. The molecule has 0 aliphatic heterocycles. The van der Waals surface area contributed by atoms with E-state index in [-0.39, 0.29) is 12.5 Å². The van der Waals surface area contributed by atoms with E-state index >= 15 is 0 Å². The van der Waals surface area contributed by atoms with Crippen molar-refractivity contribution < 1.29 is 9.90 Å². The molecule has 4 nitrogen and oxygen atoms in total. The van der Waals surface area contributed by atoms with Gasteiger partial charge in [-0.1, -0.05) is 25.7 Å². The average molecular weight is 240 g/mol. The number of aliphatic hydroxyl groups excluding tert-OH is 1. The SMILES string of the molecule is C=CC(=O)NCC(O)CN(CC)CC/C=C\C. The molecule has 98 valence electrons. The number of rotatable bonds is 9. The fraction of sp³-hybridized carbons (Fsp3) is 0.615. The van der Waals surface area contributed by atoms with Crippen LogP contribution in [-0.2, 0) is 4.79 Å². The van der Waals surface area contributed by atoms with Crippen LogP contribution < -0.4 is 5.32 Å². The molecule has 0 bridgehead atoms. The van der Waals surface area contributed by atoms with Gasteiger partial charge in [-0.25, -0.2) is 0 Å². The summed E-state index contributed by atoms with van der Waals surface area (Å²) in [5.41, 5.74) is 0. The van der Waals surface area contributed by atoms with Gasteiger partial charge in [-0.15, -0.1) is 0 Å². The van der Waals surface area contributed by atoms with Gasteiger partial charge in [-0.05, 0) is 26.0 Å². The first-order valence-electron chi connectivity index (χ1n) is 6.05. The van der Waals surface area contributed by atoms with Crippen LogP contribution in [0.1, 0.15) is 20.3 Å². The number of aliphatic hydroxyl groups is 1. The fourth-order valence-corrected chi connectivity index (χ4v) is 1.46.